The highest BCUT2D eigenvalue weighted by molar-refractivity contribution is 5.85. The Labute approximate surface area is 66.3 Å². The minimum atomic E-state index is -0.0760. The van der Waals surface area contributed by atoms with Gasteiger partial charge in [0.25, 0.3) is 0 Å². The van der Waals surface area contributed by atoms with Crippen LogP contribution >= 0.6 is 0 Å². The summed E-state index contributed by atoms with van der Waals surface area (Å²) in [6.07, 6.45) is 3.86. The largest absolute Gasteiger partial charge is 0.316 e. The molecular formula is C7H13N3O. The summed E-state index contributed by atoms with van der Waals surface area (Å²) in [6, 6.07) is 0. The molecule has 0 aromatic heterocycles. The Morgan fingerprint density at radius 1 is 1.55 bits per heavy atom. The van der Waals surface area contributed by atoms with E-state index in [2.05, 4.69) is 10.4 Å². The molecule has 0 spiro atoms. The van der Waals surface area contributed by atoms with Gasteiger partial charge >= 0.3 is 0 Å². The summed E-state index contributed by atoms with van der Waals surface area (Å²) >= 11 is 0. The van der Waals surface area contributed by atoms with Crippen molar-refractivity contribution < 1.29 is 4.79 Å². The summed E-state index contributed by atoms with van der Waals surface area (Å²) in [7, 11) is 0. The van der Waals surface area contributed by atoms with Crippen molar-refractivity contribution in [2.24, 2.45) is 5.10 Å². The lowest BCUT2D eigenvalue weighted by Gasteiger charge is -2.07. The quantitative estimate of drug-likeness (QED) is 0.456. The number of nitrogens with zero attached hydrogens (tertiary/aromatic N) is 2. The van der Waals surface area contributed by atoms with Crippen LogP contribution in [0.1, 0.15) is 19.8 Å². The molecule has 4 nitrogen and oxygen atoms in total. The summed E-state index contributed by atoms with van der Waals surface area (Å²) in [5.74, 6) is -0.0760. The van der Waals surface area contributed by atoms with Crippen LogP contribution in [-0.4, -0.2) is 30.3 Å². The molecule has 0 bridgehead atoms. The monoisotopic (exact) mass is 155 g/mol. The number of amides is 1. The molecule has 1 N–H and O–H groups in total. The van der Waals surface area contributed by atoms with Crippen LogP contribution in [0.2, 0.25) is 0 Å². The average Bonchev–Trinajstić information content (AvgIpc) is 2.39. The molecule has 1 rings (SSSR count). The average molecular weight is 155 g/mol. The lowest BCUT2D eigenvalue weighted by Crippen LogP contribution is -2.21. The summed E-state index contributed by atoms with van der Waals surface area (Å²) in [6.45, 7) is 3.49. The van der Waals surface area contributed by atoms with Gasteiger partial charge in [-0.3, -0.25) is 9.80 Å². The van der Waals surface area contributed by atoms with Gasteiger partial charge in [-0.15, -0.1) is 0 Å². The van der Waals surface area contributed by atoms with Crippen LogP contribution in [0.25, 0.3) is 0 Å². The van der Waals surface area contributed by atoms with E-state index in [1.807, 2.05) is 5.01 Å². The van der Waals surface area contributed by atoms with Crippen LogP contribution in [0.3, 0.4) is 0 Å². The van der Waals surface area contributed by atoms with Crippen LogP contribution < -0.4 is 5.32 Å². The zero-order valence-corrected chi connectivity index (χ0v) is 6.71. The number of nitrogens with one attached hydrogen (secondary N) is 1. The van der Waals surface area contributed by atoms with E-state index in [0.29, 0.717) is 0 Å². The molecule has 4 heteroatoms. The van der Waals surface area contributed by atoms with Gasteiger partial charge in [0.2, 0.25) is 5.91 Å². The highest BCUT2D eigenvalue weighted by atomic mass is 16.1. The molecule has 0 aliphatic carbocycles. The third kappa shape index (κ3) is 3.02. The molecule has 1 saturated heterocycles. The van der Waals surface area contributed by atoms with E-state index in [0.717, 1.165) is 13.1 Å². The van der Waals surface area contributed by atoms with Gasteiger partial charge in [0.15, 0.2) is 0 Å². The normalized spacial score (nSPS) is 17.7. The first-order valence-electron chi connectivity index (χ1n) is 3.83. The van der Waals surface area contributed by atoms with Gasteiger partial charge in [-0.25, -0.2) is 0 Å². The second kappa shape index (κ2) is 3.95. The second-order valence-electron chi connectivity index (χ2n) is 2.61. The van der Waals surface area contributed by atoms with Crippen LogP contribution in [0.4, 0.5) is 0 Å². The number of carbonyl (C=O) groups is 1. The Morgan fingerprint density at radius 3 is 2.73 bits per heavy atom. The first-order chi connectivity index (χ1) is 5.29. The SMILES string of the molecule is CC(=O)N/C=N\N1CCCC1. The van der Waals surface area contributed by atoms with Gasteiger partial charge in [-0.2, -0.15) is 5.10 Å². The summed E-state index contributed by atoms with van der Waals surface area (Å²) in [5.41, 5.74) is 0. The Kier molecular flexibility index (Phi) is 2.89. The van der Waals surface area contributed by atoms with Crippen molar-refractivity contribution in [3.05, 3.63) is 0 Å². The van der Waals surface area contributed by atoms with E-state index in [-0.39, 0.29) is 5.91 Å². The fourth-order valence-corrected chi connectivity index (χ4v) is 1.02. The Balaban J connectivity index is 2.17. The zero-order chi connectivity index (χ0) is 8.10. The molecule has 0 aromatic carbocycles. The summed E-state index contributed by atoms with van der Waals surface area (Å²) in [4.78, 5) is 10.4. The predicted molar refractivity (Wildman–Crippen MR) is 43.1 cm³/mol. The van der Waals surface area contributed by atoms with Gasteiger partial charge in [0, 0.05) is 20.0 Å². The minimum absolute atomic E-state index is 0.0760. The van der Waals surface area contributed by atoms with Crippen molar-refractivity contribution in [1.29, 1.82) is 0 Å². The fourth-order valence-electron chi connectivity index (χ4n) is 1.02. The Bertz CT molecular complexity index is 161. The molecule has 11 heavy (non-hydrogen) atoms. The fraction of sp³-hybridized carbons (Fsp3) is 0.714. The first-order valence-corrected chi connectivity index (χ1v) is 3.83. The van der Waals surface area contributed by atoms with Crippen molar-refractivity contribution in [3.63, 3.8) is 0 Å². The first kappa shape index (κ1) is 8.04. The summed E-state index contributed by atoms with van der Waals surface area (Å²) in [5, 5.41) is 8.49. The van der Waals surface area contributed by atoms with Crippen molar-refractivity contribution in [2.75, 3.05) is 13.1 Å². The molecule has 0 unspecified atom stereocenters. The number of hydrogen-bond acceptors (Lipinski definition) is 3. The molecule has 0 aromatic rings. The highest BCUT2D eigenvalue weighted by Gasteiger charge is 2.06. The zero-order valence-electron chi connectivity index (χ0n) is 6.71. The van der Waals surface area contributed by atoms with E-state index in [9.17, 15) is 4.79 Å². The molecule has 62 valence electrons. The standard InChI is InChI=1S/C7H13N3O/c1-7(11)8-6-9-10-4-2-3-5-10/h6H,2-5H2,1H3,(H,8,9,11). The third-order valence-electron chi connectivity index (χ3n) is 1.57. The van der Waals surface area contributed by atoms with Crippen molar-refractivity contribution in [1.82, 2.24) is 10.3 Å². The van der Waals surface area contributed by atoms with E-state index in [1.54, 1.807) is 0 Å². The highest BCUT2D eigenvalue weighted by Crippen LogP contribution is 2.05. The number of hydrazone groups is 1. The van der Waals surface area contributed by atoms with E-state index in [4.69, 9.17) is 0 Å². The molecule has 1 heterocycles. The van der Waals surface area contributed by atoms with E-state index in [1.165, 1.54) is 26.1 Å². The number of hydrogen-bond donors (Lipinski definition) is 1. The maximum atomic E-state index is 10.4. The molecule has 0 radical (unpaired) electrons. The van der Waals surface area contributed by atoms with Gasteiger partial charge < -0.3 is 5.32 Å². The van der Waals surface area contributed by atoms with E-state index < -0.39 is 0 Å². The molecule has 1 amide bonds. The number of rotatable bonds is 2. The topological polar surface area (TPSA) is 44.7 Å². The molecule has 1 aliphatic heterocycles. The lowest BCUT2D eigenvalue weighted by atomic mass is 10.4. The molecule has 1 fully saturated rings. The van der Waals surface area contributed by atoms with E-state index >= 15 is 0 Å². The molecular weight excluding hydrogens is 142 g/mol. The third-order valence-corrected chi connectivity index (χ3v) is 1.57. The Morgan fingerprint density at radius 2 is 2.18 bits per heavy atom. The summed E-state index contributed by atoms with van der Waals surface area (Å²) < 4.78 is 0. The van der Waals surface area contributed by atoms with Gasteiger partial charge in [0.1, 0.15) is 6.34 Å². The van der Waals surface area contributed by atoms with Crippen LogP contribution in [-0.2, 0) is 4.79 Å². The molecule has 1 aliphatic rings. The van der Waals surface area contributed by atoms with Gasteiger partial charge in [0.05, 0.1) is 0 Å². The molecule has 0 atom stereocenters. The predicted octanol–water partition coefficient (Wildman–Crippen LogP) is 0.162. The maximum absolute atomic E-state index is 10.4. The van der Waals surface area contributed by atoms with Crippen molar-refractivity contribution in [3.8, 4) is 0 Å². The lowest BCUT2D eigenvalue weighted by molar-refractivity contribution is -0.117. The second-order valence-corrected chi connectivity index (χ2v) is 2.61. The van der Waals surface area contributed by atoms with Gasteiger partial charge in [-0.1, -0.05) is 0 Å². The Hall–Kier alpha value is -1.06. The van der Waals surface area contributed by atoms with Crippen LogP contribution in [0.15, 0.2) is 5.10 Å². The smallest absolute Gasteiger partial charge is 0.221 e. The van der Waals surface area contributed by atoms with Crippen molar-refractivity contribution >= 4 is 12.2 Å². The minimum Gasteiger partial charge on any atom is -0.316 e. The number of carbonyl (C=O) groups excluding carboxylic acids is 1. The van der Waals surface area contributed by atoms with Crippen LogP contribution in [0, 0.1) is 0 Å². The van der Waals surface area contributed by atoms with Gasteiger partial charge in [-0.05, 0) is 12.8 Å². The molecule has 0 saturated carbocycles. The van der Waals surface area contributed by atoms with Crippen LogP contribution in [0.5, 0.6) is 0 Å². The van der Waals surface area contributed by atoms with Crippen molar-refractivity contribution in [2.45, 2.75) is 19.8 Å². The maximum Gasteiger partial charge on any atom is 0.221 e.